The van der Waals surface area contributed by atoms with Gasteiger partial charge in [-0.1, -0.05) is 361 Å². The van der Waals surface area contributed by atoms with Gasteiger partial charge < -0.3 is 65.1 Å². The Morgan fingerprint density at radius 1 is 0.366 bits per heavy atom. The highest BCUT2D eigenvalue weighted by Crippen LogP contribution is 2.30. The summed E-state index contributed by atoms with van der Waals surface area (Å²) >= 11 is 0. The lowest BCUT2D eigenvalue weighted by Crippen LogP contribution is -2.65. The Morgan fingerprint density at radius 3 is 1.05 bits per heavy atom. The molecule has 14 nitrogen and oxygen atoms in total. The van der Waals surface area contributed by atoms with Crippen molar-refractivity contribution in [1.29, 1.82) is 0 Å². The van der Waals surface area contributed by atoms with E-state index in [0.717, 1.165) is 89.9 Å². The minimum absolute atomic E-state index is 0.237. The van der Waals surface area contributed by atoms with Gasteiger partial charge >= 0.3 is 0 Å². The molecule has 0 aromatic carbocycles. The van der Waals surface area contributed by atoms with E-state index in [0.29, 0.717) is 6.42 Å². The lowest BCUT2D eigenvalue weighted by atomic mass is 9.97. The number of unbranched alkanes of at least 4 members (excludes halogenated alkanes) is 40. The summed E-state index contributed by atoms with van der Waals surface area (Å²) in [5.41, 5.74) is 0. The average molecular weight is 1420 g/mol. The topological polar surface area (TPSA) is 228 Å². The maximum Gasteiger partial charge on any atom is 0.220 e. The van der Waals surface area contributed by atoms with E-state index < -0.39 is 86.8 Å². The fraction of sp³-hybridized carbons (Fsp3) is 0.782. The lowest BCUT2D eigenvalue weighted by Gasteiger charge is -2.46. The molecule has 12 atom stereocenters. The van der Waals surface area contributed by atoms with Gasteiger partial charge in [-0.25, -0.2) is 0 Å². The molecule has 2 aliphatic rings. The molecular weight excluding hydrogens is 1270 g/mol. The number of hydrogen-bond donors (Lipinski definition) is 9. The van der Waals surface area contributed by atoms with Crippen molar-refractivity contribution in [1.82, 2.24) is 5.32 Å². The molecule has 12 unspecified atom stereocenters. The van der Waals surface area contributed by atoms with Crippen molar-refractivity contribution in [2.24, 2.45) is 0 Å². The zero-order valence-corrected chi connectivity index (χ0v) is 64.1. The molecule has 0 spiro atoms. The fourth-order valence-corrected chi connectivity index (χ4v) is 13.2. The fourth-order valence-electron chi connectivity index (χ4n) is 13.2. The summed E-state index contributed by atoms with van der Waals surface area (Å²) in [6, 6.07) is -0.921. The Balaban J connectivity index is 1.59. The summed E-state index contributed by atoms with van der Waals surface area (Å²) in [5.74, 6) is -0.237. The molecule has 2 saturated heterocycles. The van der Waals surface area contributed by atoms with Gasteiger partial charge in [-0.15, -0.1) is 0 Å². The van der Waals surface area contributed by atoms with Gasteiger partial charge in [0.2, 0.25) is 5.91 Å². The van der Waals surface area contributed by atoms with Gasteiger partial charge in [0.05, 0.1) is 32.0 Å². The Morgan fingerprint density at radius 2 is 0.683 bits per heavy atom. The van der Waals surface area contributed by atoms with E-state index in [9.17, 15) is 45.6 Å². The van der Waals surface area contributed by atoms with Crippen LogP contribution in [0.2, 0.25) is 0 Å². The van der Waals surface area contributed by atoms with Gasteiger partial charge in [-0.3, -0.25) is 4.79 Å². The summed E-state index contributed by atoms with van der Waals surface area (Å²) in [6.07, 6.45) is 84.5. The summed E-state index contributed by atoms with van der Waals surface area (Å²) < 4.78 is 22.9. The van der Waals surface area contributed by atoms with Gasteiger partial charge in [-0.05, 0) is 83.5 Å². The van der Waals surface area contributed by atoms with Crippen molar-refractivity contribution >= 4 is 5.91 Å². The van der Waals surface area contributed by atoms with Gasteiger partial charge in [-0.2, -0.15) is 0 Å². The van der Waals surface area contributed by atoms with E-state index in [1.807, 2.05) is 6.08 Å². The highest BCUT2D eigenvalue weighted by atomic mass is 16.7. The number of nitrogens with one attached hydrogen (secondary N) is 1. The summed E-state index contributed by atoms with van der Waals surface area (Å²) in [7, 11) is 0. The minimum Gasteiger partial charge on any atom is -0.394 e. The number of aliphatic hydroxyl groups excluding tert-OH is 8. The molecule has 0 saturated carbocycles. The minimum atomic E-state index is -1.79. The SMILES string of the molecule is CC/C=C\C/C=C\C/C=C\C/C=C\C/C=C\C/C=C\C/C=C\C/C=C\CCCCCCCCCCCCCCCCCCC(=O)NC(COC1OC(CO)C(OC2OC(CO)C(O)C(O)C2O)C(O)C1O)C(O)/C=C/CCCCCCCCCCCCCCCCCCCCCCCCCC. The number of aliphatic hydroxyl groups is 8. The molecule has 584 valence electrons. The number of hydrogen-bond acceptors (Lipinski definition) is 13. The second-order valence-corrected chi connectivity index (χ2v) is 28.9. The molecule has 0 aromatic heterocycles. The van der Waals surface area contributed by atoms with E-state index in [-0.39, 0.29) is 18.9 Å². The molecule has 0 bridgehead atoms. The van der Waals surface area contributed by atoms with E-state index in [2.05, 4.69) is 116 Å². The van der Waals surface area contributed by atoms with Gasteiger partial charge in [0.15, 0.2) is 12.6 Å². The normalized spacial score (nSPS) is 22.3. The molecule has 101 heavy (non-hydrogen) atoms. The molecule has 0 radical (unpaired) electrons. The molecule has 2 heterocycles. The van der Waals surface area contributed by atoms with Crippen LogP contribution >= 0.6 is 0 Å². The molecule has 1 amide bonds. The Bertz CT molecular complexity index is 2120. The van der Waals surface area contributed by atoms with Crippen molar-refractivity contribution in [2.75, 3.05) is 19.8 Å². The third-order valence-corrected chi connectivity index (χ3v) is 19.7. The molecule has 2 fully saturated rings. The van der Waals surface area contributed by atoms with Crippen LogP contribution in [0, 0.1) is 0 Å². The van der Waals surface area contributed by atoms with Crippen LogP contribution < -0.4 is 5.32 Å². The summed E-state index contributed by atoms with van der Waals surface area (Å²) in [6.45, 7) is 2.73. The highest BCUT2D eigenvalue weighted by molar-refractivity contribution is 5.76. The van der Waals surface area contributed by atoms with Crippen LogP contribution in [0.1, 0.15) is 341 Å². The monoisotopic (exact) mass is 1420 g/mol. The third-order valence-electron chi connectivity index (χ3n) is 19.7. The van der Waals surface area contributed by atoms with Crippen LogP contribution in [-0.4, -0.2) is 140 Å². The largest absolute Gasteiger partial charge is 0.394 e. The summed E-state index contributed by atoms with van der Waals surface area (Å²) in [5, 5.41) is 87.7. The number of carbonyl (C=O) groups excluding carboxylic acids is 1. The van der Waals surface area contributed by atoms with Crippen LogP contribution in [0.25, 0.3) is 0 Å². The van der Waals surface area contributed by atoms with Crippen molar-refractivity contribution in [3.63, 3.8) is 0 Å². The van der Waals surface area contributed by atoms with Crippen LogP contribution in [0.15, 0.2) is 109 Å². The molecular formula is C87H153NO13. The number of carbonyl (C=O) groups is 1. The van der Waals surface area contributed by atoms with E-state index in [1.54, 1.807) is 6.08 Å². The standard InChI is InChI=1S/C87H153NO13/c1-3-5-7-9-11-13-15-17-19-21-23-25-27-29-31-32-33-34-35-36-37-38-39-40-41-42-43-44-45-47-49-51-53-55-57-59-61-63-65-67-69-71-79(92)88-75(74-98-86-84(97)82(95)85(78(73-90)100-86)101-87-83(96)81(94)80(93)77(72-89)99-87)76(91)70-68-66-64-62-60-58-56-54-52-50-48-46-30-28-26-24-22-20-18-16-14-12-10-8-6-4-2/h5,7,11,13,17,19,23,25,29,31,33-34,36-37,39-40,68,70,75-78,80-87,89-91,93-97H,3-4,6,8-10,12,14-16,18,20-22,24,26-28,30,32,35,38,41-67,69,71-74H2,1-2H3,(H,88,92)/b7-5-,13-11-,19-17-,25-23-,31-29-,34-33-,37-36-,40-39-,70-68+. The molecule has 2 aliphatic heterocycles. The average Bonchev–Trinajstić information content (AvgIpc) is 0.792. The van der Waals surface area contributed by atoms with Crippen LogP contribution in [0.5, 0.6) is 0 Å². The van der Waals surface area contributed by atoms with Crippen molar-refractivity contribution in [3.8, 4) is 0 Å². The highest BCUT2D eigenvalue weighted by Gasteiger charge is 2.51. The van der Waals surface area contributed by atoms with Crippen molar-refractivity contribution < 1.29 is 64.6 Å². The smallest absolute Gasteiger partial charge is 0.220 e. The maximum atomic E-state index is 13.4. The van der Waals surface area contributed by atoms with E-state index >= 15 is 0 Å². The Kier molecular flexibility index (Phi) is 64.7. The zero-order chi connectivity index (χ0) is 73.0. The Hall–Kier alpha value is -3.35. The first-order valence-corrected chi connectivity index (χ1v) is 41.6. The van der Waals surface area contributed by atoms with Gasteiger partial charge in [0, 0.05) is 6.42 Å². The predicted octanol–water partition coefficient (Wildman–Crippen LogP) is 19.4. The Labute approximate surface area is 616 Å². The van der Waals surface area contributed by atoms with E-state index in [4.69, 9.17) is 18.9 Å². The number of allylic oxidation sites excluding steroid dienone is 17. The number of rotatable bonds is 69. The first-order chi connectivity index (χ1) is 49.6. The number of ether oxygens (including phenoxy) is 4. The third kappa shape index (κ3) is 52.3. The first-order valence-electron chi connectivity index (χ1n) is 41.6. The quantitative estimate of drug-likeness (QED) is 0.0204. The van der Waals surface area contributed by atoms with Crippen molar-refractivity contribution in [3.05, 3.63) is 109 Å². The number of amides is 1. The van der Waals surface area contributed by atoms with Gasteiger partial charge in [0.1, 0.15) is 48.8 Å². The second-order valence-electron chi connectivity index (χ2n) is 28.9. The van der Waals surface area contributed by atoms with Crippen LogP contribution in [0.3, 0.4) is 0 Å². The second kappa shape index (κ2) is 69.7. The first kappa shape index (κ1) is 93.7. The lowest BCUT2D eigenvalue weighted by molar-refractivity contribution is -0.359. The van der Waals surface area contributed by atoms with E-state index in [1.165, 1.54) is 225 Å². The summed E-state index contributed by atoms with van der Waals surface area (Å²) in [4.78, 5) is 13.4. The molecule has 9 N–H and O–H groups in total. The predicted molar refractivity (Wildman–Crippen MR) is 419 cm³/mol. The molecule has 14 heteroatoms. The molecule has 2 rings (SSSR count). The van der Waals surface area contributed by atoms with Crippen molar-refractivity contribution in [2.45, 2.75) is 415 Å². The van der Waals surface area contributed by atoms with Crippen LogP contribution in [0.4, 0.5) is 0 Å². The maximum absolute atomic E-state index is 13.4. The zero-order valence-electron chi connectivity index (χ0n) is 64.1. The van der Waals surface area contributed by atoms with Crippen LogP contribution in [-0.2, 0) is 23.7 Å². The molecule has 0 aliphatic carbocycles. The molecule has 0 aromatic rings. The van der Waals surface area contributed by atoms with Gasteiger partial charge in [0.25, 0.3) is 0 Å².